The molecule has 0 aliphatic carbocycles. The molecule has 0 rings (SSSR count). The van der Waals surface area contributed by atoms with Crippen molar-refractivity contribution in [1.82, 2.24) is 5.32 Å². The van der Waals surface area contributed by atoms with E-state index < -0.39 is 21.8 Å². The van der Waals surface area contributed by atoms with E-state index in [1.165, 1.54) is 0 Å². The van der Waals surface area contributed by atoms with Crippen LogP contribution >= 0.6 is 12.4 Å². The summed E-state index contributed by atoms with van der Waals surface area (Å²) in [6, 6.07) is -0.515. The number of hydrogen-bond acceptors (Lipinski definition) is 4. The molecule has 0 saturated carbocycles. The topological polar surface area (TPSA) is 89.3 Å². The maximum Gasteiger partial charge on any atom is 0.235 e. The summed E-state index contributed by atoms with van der Waals surface area (Å²) in [5.74, 6) is -0.455. The first-order chi connectivity index (χ1) is 6.54. The Morgan fingerprint density at radius 3 is 2.06 bits per heavy atom. The SMILES string of the molecule is CC(C)(C)[C@H](NCCS(C)(=O)=O)C(N)=O.Cl. The highest BCUT2D eigenvalue weighted by atomic mass is 35.5. The second-order valence-electron chi connectivity index (χ2n) is 4.79. The third kappa shape index (κ3) is 7.90. The lowest BCUT2D eigenvalue weighted by molar-refractivity contribution is -0.122. The Labute approximate surface area is 103 Å². The Hall–Kier alpha value is -0.330. The van der Waals surface area contributed by atoms with Gasteiger partial charge in [0.2, 0.25) is 5.91 Å². The van der Waals surface area contributed by atoms with Gasteiger partial charge in [0.25, 0.3) is 0 Å². The lowest BCUT2D eigenvalue weighted by Crippen LogP contribution is -2.50. The largest absolute Gasteiger partial charge is 0.368 e. The molecule has 0 saturated heterocycles. The van der Waals surface area contributed by atoms with Crippen molar-refractivity contribution in [2.24, 2.45) is 11.1 Å². The maximum absolute atomic E-state index is 11.1. The molecular formula is C9H21ClN2O3S. The lowest BCUT2D eigenvalue weighted by Gasteiger charge is -2.28. The highest BCUT2D eigenvalue weighted by molar-refractivity contribution is 7.90. The zero-order valence-electron chi connectivity index (χ0n) is 10.1. The third-order valence-electron chi connectivity index (χ3n) is 1.97. The van der Waals surface area contributed by atoms with Crippen LogP contribution in [-0.4, -0.2) is 38.9 Å². The zero-order valence-corrected chi connectivity index (χ0v) is 11.7. The number of carbonyl (C=O) groups is 1. The van der Waals surface area contributed by atoms with Crippen LogP contribution in [0, 0.1) is 5.41 Å². The molecule has 0 aromatic rings. The van der Waals surface area contributed by atoms with Gasteiger partial charge >= 0.3 is 0 Å². The normalized spacial score (nSPS) is 14.0. The molecule has 0 radical (unpaired) electrons. The minimum Gasteiger partial charge on any atom is -0.368 e. The maximum atomic E-state index is 11.1. The molecule has 0 aliphatic heterocycles. The van der Waals surface area contributed by atoms with Crippen LogP contribution in [0.25, 0.3) is 0 Å². The highest BCUT2D eigenvalue weighted by Gasteiger charge is 2.28. The van der Waals surface area contributed by atoms with Crippen LogP contribution in [0.3, 0.4) is 0 Å². The fourth-order valence-electron chi connectivity index (χ4n) is 1.22. The van der Waals surface area contributed by atoms with Crippen molar-refractivity contribution in [3.8, 4) is 0 Å². The van der Waals surface area contributed by atoms with E-state index in [9.17, 15) is 13.2 Å². The van der Waals surface area contributed by atoms with Crippen LogP contribution in [-0.2, 0) is 14.6 Å². The molecule has 0 bridgehead atoms. The smallest absolute Gasteiger partial charge is 0.235 e. The van der Waals surface area contributed by atoms with Gasteiger partial charge in [-0.1, -0.05) is 20.8 Å². The average molecular weight is 273 g/mol. The minimum atomic E-state index is -3.01. The Balaban J connectivity index is 0. The number of sulfone groups is 1. The van der Waals surface area contributed by atoms with Gasteiger partial charge in [-0.15, -0.1) is 12.4 Å². The number of rotatable bonds is 5. The summed E-state index contributed by atoms with van der Waals surface area (Å²) in [7, 11) is -3.01. The molecule has 0 aliphatic rings. The van der Waals surface area contributed by atoms with Gasteiger partial charge in [-0.25, -0.2) is 8.42 Å². The van der Waals surface area contributed by atoms with Crippen molar-refractivity contribution in [2.75, 3.05) is 18.6 Å². The van der Waals surface area contributed by atoms with E-state index in [0.717, 1.165) is 6.26 Å². The standard InChI is InChI=1S/C9H20N2O3S.ClH/c1-9(2,3)7(8(10)12)11-5-6-15(4,13)14;/h7,11H,5-6H2,1-4H3,(H2,10,12);1H/t7-;/m1./s1. The Morgan fingerprint density at radius 2 is 1.81 bits per heavy atom. The van der Waals surface area contributed by atoms with E-state index in [0.29, 0.717) is 0 Å². The molecule has 5 nitrogen and oxygen atoms in total. The summed E-state index contributed by atoms with van der Waals surface area (Å²) in [6.45, 7) is 5.85. The predicted molar refractivity (Wildman–Crippen MR) is 67.4 cm³/mol. The van der Waals surface area contributed by atoms with Gasteiger partial charge in [-0.05, 0) is 5.41 Å². The van der Waals surface area contributed by atoms with E-state index in [1.807, 2.05) is 20.8 Å². The second-order valence-corrected chi connectivity index (χ2v) is 7.05. The molecule has 0 unspecified atom stereocenters. The van der Waals surface area contributed by atoms with Crippen molar-refractivity contribution < 1.29 is 13.2 Å². The Morgan fingerprint density at radius 1 is 1.38 bits per heavy atom. The average Bonchev–Trinajstić information content (AvgIpc) is 1.92. The fraction of sp³-hybridized carbons (Fsp3) is 0.889. The van der Waals surface area contributed by atoms with Crippen LogP contribution in [0.4, 0.5) is 0 Å². The van der Waals surface area contributed by atoms with Gasteiger partial charge in [0.05, 0.1) is 11.8 Å². The highest BCUT2D eigenvalue weighted by Crippen LogP contribution is 2.18. The summed E-state index contributed by atoms with van der Waals surface area (Å²) in [4.78, 5) is 11.1. The number of amides is 1. The van der Waals surface area contributed by atoms with Crippen molar-refractivity contribution in [1.29, 1.82) is 0 Å². The molecule has 1 amide bonds. The molecule has 16 heavy (non-hydrogen) atoms. The van der Waals surface area contributed by atoms with Crippen molar-refractivity contribution >= 4 is 28.2 Å². The number of hydrogen-bond donors (Lipinski definition) is 2. The number of primary amides is 1. The number of halogens is 1. The summed E-state index contributed by atoms with van der Waals surface area (Å²) >= 11 is 0. The predicted octanol–water partition coefficient (Wildman–Crippen LogP) is -0.0576. The third-order valence-corrected chi connectivity index (χ3v) is 2.92. The summed E-state index contributed by atoms with van der Waals surface area (Å²) in [5.41, 5.74) is 4.91. The number of carbonyl (C=O) groups excluding carboxylic acids is 1. The summed E-state index contributed by atoms with van der Waals surface area (Å²) < 4.78 is 21.8. The van der Waals surface area contributed by atoms with Crippen LogP contribution in [0.1, 0.15) is 20.8 Å². The van der Waals surface area contributed by atoms with Crippen LogP contribution in [0.5, 0.6) is 0 Å². The Kier molecular flexibility index (Phi) is 7.24. The van der Waals surface area contributed by atoms with Gasteiger partial charge in [0.1, 0.15) is 9.84 Å². The van der Waals surface area contributed by atoms with Crippen molar-refractivity contribution in [3.05, 3.63) is 0 Å². The first-order valence-corrected chi connectivity index (χ1v) is 6.80. The minimum absolute atomic E-state index is 0. The molecule has 0 fully saturated rings. The first kappa shape index (κ1) is 18.0. The molecule has 0 aromatic carbocycles. The monoisotopic (exact) mass is 272 g/mol. The lowest BCUT2D eigenvalue weighted by atomic mass is 9.86. The quantitative estimate of drug-likeness (QED) is 0.734. The molecule has 0 spiro atoms. The van der Waals surface area contributed by atoms with Crippen molar-refractivity contribution in [2.45, 2.75) is 26.8 Å². The van der Waals surface area contributed by atoms with E-state index in [4.69, 9.17) is 5.73 Å². The zero-order chi connectivity index (χ0) is 12.3. The van der Waals surface area contributed by atoms with Gasteiger partial charge in [0, 0.05) is 12.8 Å². The van der Waals surface area contributed by atoms with E-state index >= 15 is 0 Å². The molecule has 0 aromatic heterocycles. The van der Waals surface area contributed by atoms with Gasteiger partial charge in [-0.2, -0.15) is 0 Å². The summed E-state index contributed by atoms with van der Waals surface area (Å²) in [6.07, 6.45) is 1.16. The summed E-state index contributed by atoms with van der Waals surface area (Å²) in [5, 5.41) is 2.86. The Bertz CT molecular complexity index is 322. The second kappa shape index (κ2) is 6.42. The number of nitrogens with two attached hydrogens (primary N) is 1. The fourth-order valence-corrected chi connectivity index (χ4v) is 1.71. The van der Waals surface area contributed by atoms with Crippen molar-refractivity contribution in [3.63, 3.8) is 0 Å². The van der Waals surface area contributed by atoms with Crippen LogP contribution in [0.2, 0.25) is 0 Å². The molecule has 3 N–H and O–H groups in total. The van der Waals surface area contributed by atoms with Gasteiger partial charge < -0.3 is 11.1 Å². The molecule has 0 heterocycles. The molecule has 98 valence electrons. The van der Waals surface area contributed by atoms with E-state index in [-0.39, 0.29) is 30.1 Å². The van der Waals surface area contributed by atoms with Crippen LogP contribution in [0.15, 0.2) is 0 Å². The van der Waals surface area contributed by atoms with Gasteiger partial charge in [0.15, 0.2) is 0 Å². The number of nitrogens with one attached hydrogen (secondary N) is 1. The molecule has 7 heteroatoms. The molecule has 1 atom stereocenters. The first-order valence-electron chi connectivity index (χ1n) is 4.74. The van der Waals surface area contributed by atoms with E-state index in [1.54, 1.807) is 0 Å². The van der Waals surface area contributed by atoms with Crippen LogP contribution < -0.4 is 11.1 Å². The molecular weight excluding hydrogens is 252 g/mol. The van der Waals surface area contributed by atoms with Gasteiger partial charge in [-0.3, -0.25) is 4.79 Å². The van der Waals surface area contributed by atoms with E-state index in [2.05, 4.69) is 5.32 Å².